The first-order chi connectivity index (χ1) is 15.8. The predicted octanol–water partition coefficient (Wildman–Crippen LogP) is 4.25. The molecule has 0 saturated heterocycles. The summed E-state index contributed by atoms with van der Waals surface area (Å²) in [6, 6.07) is 18.9. The third-order valence-electron chi connectivity index (χ3n) is 4.76. The van der Waals surface area contributed by atoms with Crippen LogP contribution in [0.1, 0.15) is 5.56 Å². The van der Waals surface area contributed by atoms with Gasteiger partial charge in [-0.05, 0) is 67.6 Å². The molecule has 33 heavy (non-hydrogen) atoms. The quantitative estimate of drug-likeness (QED) is 0.341. The Balaban J connectivity index is 1.71. The Morgan fingerprint density at radius 3 is 2.24 bits per heavy atom. The van der Waals surface area contributed by atoms with E-state index in [0.29, 0.717) is 23.7 Å². The topological polar surface area (TPSA) is 75.7 Å². The van der Waals surface area contributed by atoms with Gasteiger partial charge in [-0.3, -0.25) is 9.10 Å². The molecular formula is C24H25FN2O4S2. The lowest BCUT2D eigenvalue weighted by Crippen LogP contribution is -2.41. The second kappa shape index (κ2) is 11.2. The number of aryl methyl sites for hydroxylation is 1. The summed E-state index contributed by atoms with van der Waals surface area (Å²) in [6.07, 6.45) is 0. The molecule has 1 amide bonds. The van der Waals surface area contributed by atoms with Crippen LogP contribution in [0.25, 0.3) is 0 Å². The van der Waals surface area contributed by atoms with Crippen LogP contribution < -0.4 is 14.4 Å². The van der Waals surface area contributed by atoms with Crippen LogP contribution in [0.3, 0.4) is 0 Å². The Kier molecular flexibility index (Phi) is 8.35. The van der Waals surface area contributed by atoms with Crippen molar-refractivity contribution in [3.63, 3.8) is 0 Å². The molecule has 0 saturated carbocycles. The van der Waals surface area contributed by atoms with E-state index in [4.69, 9.17) is 4.74 Å². The highest BCUT2D eigenvalue weighted by Crippen LogP contribution is 2.26. The lowest BCUT2D eigenvalue weighted by Gasteiger charge is -2.24. The molecule has 0 aliphatic carbocycles. The Hall–Kier alpha value is -3.04. The Labute approximate surface area is 197 Å². The van der Waals surface area contributed by atoms with E-state index in [-0.39, 0.29) is 4.90 Å². The zero-order valence-electron chi connectivity index (χ0n) is 18.3. The minimum Gasteiger partial charge on any atom is -0.497 e. The molecule has 3 aromatic rings. The maximum atomic E-state index is 13.3. The second-order valence-electron chi connectivity index (χ2n) is 7.18. The number of benzene rings is 3. The van der Waals surface area contributed by atoms with Gasteiger partial charge in [0.15, 0.2) is 0 Å². The van der Waals surface area contributed by atoms with E-state index in [1.165, 1.54) is 24.8 Å². The van der Waals surface area contributed by atoms with Crippen molar-refractivity contribution < 1.29 is 22.3 Å². The summed E-state index contributed by atoms with van der Waals surface area (Å²) in [7, 11) is -2.60. The van der Waals surface area contributed by atoms with Gasteiger partial charge in [-0.2, -0.15) is 0 Å². The van der Waals surface area contributed by atoms with Crippen molar-refractivity contribution in [1.29, 1.82) is 0 Å². The molecule has 0 bridgehead atoms. The van der Waals surface area contributed by atoms with Crippen molar-refractivity contribution in [2.24, 2.45) is 0 Å². The minimum absolute atomic E-state index is 0.109. The summed E-state index contributed by atoms with van der Waals surface area (Å²) in [5, 5.41) is 2.77. The number of hydrogen-bond donors (Lipinski definition) is 1. The van der Waals surface area contributed by atoms with E-state index in [1.54, 1.807) is 36.0 Å². The van der Waals surface area contributed by atoms with Crippen LogP contribution in [0.4, 0.5) is 10.1 Å². The lowest BCUT2D eigenvalue weighted by atomic mass is 10.2. The van der Waals surface area contributed by atoms with Gasteiger partial charge in [-0.25, -0.2) is 12.8 Å². The standard InChI is InChI=1S/C24H25FN2O4S2/c1-18-3-11-22(12-4-18)32-16-15-26-24(28)17-27(20-7-9-21(31-2)10-8-20)33(29,30)23-13-5-19(25)6-14-23/h3-14H,15-17H2,1-2H3,(H,26,28). The fourth-order valence-corrected chi connectivity index (χ4v) is 5.17. The number of amides is 1. The predicted molar refractivity (Wildman–Crippen MR) is 129 cm³/mol. The highest BCUT2D eigenvalue weighted by molar-refractivity contribution is 7.99. The molecule has 0 aliphatic rings. The summed E-state index contributed by atoms with van der Waals surface area (Å²) in [4.78, 5) is 13.6. The second-order valence-corrected chi connectivity index (χ2v) is 10.2. The zero-order valence-corrected chi connectivity index (χ0v) is 20.0. The zero-order chi connectivity index (χ0) is 23.8. The number of hydrogen-bond acceptors (Lipinski definition) is 5. The largest absolute Gasteiger partial charge is 0.497 e. The van der Waals surface area contributed by atoms with E-state index in [0.717, 1.165) is 21.3 Å². The number of thioether (sulfide) groups is 1. The number of nitrogens with one attached hydrogen (secondary N) is 1. The van der Waals surface area contributed by atoms with Gasteiger partial charge in [0.1, 0.15) is 18.1 Å². The number of nitrogens with zero attached hydrogens (tertiary/aromatic N) is 1. The van der Waals surface area contributed by atoms with Crippen molar-refractivity contribution >= 4 is 33.4 Å². The molecular weight excluding hydrogens is 463 g/mol. The molecule has 0 aliphatic heterocycles. The number of carbonyl (C=O) groups excluding carboxylic acids is 1. The molecule has 1 N–H and O–H groups in total. The number of rotatable bonds is 10. The summed E-state index contributed by atoms with van der Waals surface area (Å²) >= 11 is 1.60. The molecule has 0 atom stereocenters. The normalized spacial score (nSPS) is 11.1. The van der Waals surface area contributed by atoms with E-state index >= 15 is 0 Å². The number of ether oxygens (including phenoxy) is 1. The van der Waals surface area contributed by atoms with Gasteiger partial charge in [0.2, 0.25) is 5.91 Å². The van der Waals surface area contributed by atoms with Crippen LogP contribution in [0.2, 0.25) is 0 Å². The summed E-state index contributed by atoms with van der Waals surface area (Å²) in [6.45, 7) is 1.98. The number of carbonyl (C=O) groups is 1. The van der Waals surface area contributed by atoms with Gasteiger partial charge in [-0.15, -0.1) is 11.8 Å². The van der Waals surface area contributed by atoms with Crippen LogP contribution in [0.15, 0.2) is 82.6 Å². The van der Waals surface area contributed by atoms with Gasteiger partial charge < -0.3 is 10.1 Å². The average molecular weight is 489 g/mol. The first kappa shape index (κ1) is 24.6. The first-order valence-electron chi connectivity index (χ1n) is 10.2. The average Bonchev–Trinajstić information content (AvgIpc) is 2.82. The van der Waals surface area contributed by atoms with Crippen LogP contribution in [-0.2, 0) is 14.8 Å². The number of halogens is 1. The molecule has 0 heterocycles. The molecule has 3 rings (SSSR count). The minimum atomic E-state index is -4.10. The SMILES string of the molecule is COc1ccc(N(CC(=O)NCCSc2ccc(C)cc2)S(=O)(=O)c2ccc(F)cc2)cc1. The van der Waals surface area contributed by atoms with E-state index in [9.17, 15) is 17.6 Å². The van der Waals surface area contributed by atoms with Gasteiger partial charge in [0, 0.05) is 17.2 Å². The maximum absolute atomic E-state index is 13.3. The third kappa shape index (κ3) is 6.72. The van der Waals surface area contributed by atoms with Crippen LogP contribution >= 0.6 is 11.8 Å². The first-order valence-corrected chi connectivity index (χ1v) is 12.6. The highest BCUT2D eigenvalue weighted by atomic mass is 32.2. The summed E-state index contributed by atoms with van der Waals surface area (Å²) in [5.41, 5.74) is 1.47. The van der Waals surface area contributed by atoms with E-state index in [1.807, 2.05) is 31.2 Å². The molecule has 3 aromatic carbocycles. The molecule has 0 fully saturated rings. The van der Waals surface area contributed by atoms with E-state index in [2.05, 4.69) is 5.32 Å². The van der Waals surface area contributed by atoms with Crippen LogP contribution in [0.5, 0.6) is 5.75 Å². The van der Waals surface area contributed by atoms with Crippen LogP contribution in [-0.4, -0.2) is 40.3 Å². The fraction of sp³-hybridized carbons (Fsp3) is 0.208. The third-order valence-corrected chi connectivity index (χ3v) is 7.57. The fourth-order valence-electron chi connectivity index (χ4n) is 2.98. The highest BCUT2D eigenvalue weighted by Gasteiger charge is 2.27. The van der Waals surface area contributed by atoms with E-state index < -0.39 is 28.3 Å². The number of anilines is 1. The van der Waals surface area contributed by atoms with Crippen molar-refractivity contribution in [2.45, 2.75) is 16.7 Å². The molecule has 0 spiro atoms. The Morgan fingerprint density at radius 2 is 1.64 bits per heavy atom. The molecule has 174 valence electrons. The number of sulfonamides is 1. The van der Waals surface area contributed by atoms with Gasteiger partial charge in [0.25, 0.3) is 10.0 Å². The van der Waals surface area contributed by atoms with Gasteiger partial charge in [0.05, 0.1) is 17.7 Å². The van der Waals surface area contributed by atoms with Gasteiger partial charge >= 0.3 is 0 Å². The lowest BCUT2D eigenvalue weighted by molar-refractivity contribution is -0.119. The van der Waals surface area contributed by atoms with Crippen molar-refractivity contribution in [3.05, 3.63) is 84.2 Å². The Bertz CT molecular complexity index is 1170. The molecule has 0 aromatic heterocycles. The van der Waals surface area contributed by atoms with Crippen molar-refractivity contribution in [3.8, 4) is 5.75 Å². The molecule has 6 nitrogen and oxygen atoms in total. The molecule has 0 unspecified atom stereocenters. The van der Waals surface area contributed by atoms with Crippen molar-refractivity contribution in [1.82, 2.24) is 5.32 Å². The summed E-state index contributed by atoms with van der Waals surface area (Å²) < 4.78 is 46.0. The number of methoxy groups -OCH3 is 1. The maximum Gasteiger partial charge on any atom is 0.264 e. The van der Waals surface area contributed by atoms with Crippen molar-refractivity contribution in [2.75, 3.05) is 30.3 Å². The smallest absolute Gasteiger partial charge is 0.264 e. The summed E-state index contributed by atoms with van der Waals surface area (Å²) in [5.74, 6) is 0.201. The van der Waals surface area contributed by atoms with Crippen LogP contribution in [0, 0.1) is 12.7 Å². The molecule has 9 heteroatoms. The monoisotopic (exact) mass is 488 g/mol. The Morgan fingerprint density at radius 1 is 1.00 bits per heavy atom. The van der Waals surface area contributed by atoms with Gasteiger partial charge in [-0.1, -0.05) is 17.7 Å². The molecule has 0 radical (unpaired) electrons.